The Balaban J connectivity index is 2.32. The summed E-state index contributed by atoms with van der Waals surface area (Å²) >= 11 is 0. The molecule has 0 fully saturated rings. The average Bonchev–Trinajstić information content (AvgIpc) is 2.63. The number of anilines is 1. The van der Waals surface area contributed by atoms with Gasteiger partial charge in [-0.3, -0.25) is 0 Å². The zero-order chi connectivity index (χ0) is 20.0. The Morgan fingerprint density at radius 3 is 2.78 bits per heavy atom. The molecule has 1 unspecified atom stereocenters. The van der Waals surface area contributed by atoms with Crippen molar-refractivity contribution in [3.05, 3.63) is 34.9 Å². The van der Waals surface area contributed by atoms with Crippen LogP contribution in [0.4, 0.5) is 5.69 Å². The number of methoxy groups -OCH3 is 1. The van der Waals surface area contributed by atoms with Gasteiger partial charge < -0.3 is 14.4 Å². The Kier molecular flexibility index (Phi) is 7.04. The highest BCUT2D eigenvalue weighted by Gasteiger charge is 2.35. The van der Waals surface area contributed by atoms with Crippen LogP contribution >= 0.6 is 0 Å². The fourth-order valence-corrected chi connectivity index (χ4v) is 3.84. The second-order valence-corrected chi connectivity index (χ2v) is 7.69. The molecule has 5 heteroatoms. The number of hydrogen-bond donors (Lipinski definition) is 0. The molecule has 2 rings (SSSR count). The first-order valence-corrected chi connectivity index (χ1v) is 9.53. The molecular formula is C22H30N2O3. The fourth-order valence-electron chi connectivity index (χ4n) is 3.84. The molecule has 1 aromatic rings. The van der Waals surface area contributed by atoms with Crippen LogP contribution < -0.4 is 4.90 Å². The molecule has 0 amide bonds. The molecule has 0 bridgehead atoms. The molecule has 0 aromatic heterocycles. The van der Waals surface area contributed by atoms with Crippen LogP contribution in [0.15, 0.2) is 23.8 Å². The van der Waals surface area contributed by atoms with Gasteiger partial charge in [-0.2, -0.15) is 5.26 Å². The molecule has 0 saturated carbocycles. The van der Waals surface area contributed by atoms with Gasteiger partial charge in [-0.25, -0.2) is 4.79 Å². The number of rotatable bonds is 7. The quantitative estimate of drug-likeness (QED) is 0.310. The third-order valence-corrected chi connectivity index (χ3v) is 5.03. The number of esters is 1. The van der Waals surface area contributed by atoms with Gasteiger partial charge in [0.25, 0.3) is 0 Å². The molecular weight excluding hydrogens is 340 g/mol. The van der Waals surface area contributed by atoms with Crippen molar-refractivity contribution in [1.82, 2.24) is 0 Å². The van der Waals surface area contributed by atoms with Crippen molar-refractivity contribution in [3.8, 4) is 6.07 Å². The average molecular weight is 370 g/mol. The highest BCUT2D eigenvalue weighted by Crippen LogP contribution is 2.43. The molecule has 27 heavy (non-hydrogen) atoms. The van der Waals surface area contributed by atoms with Gasteiger partial charge in [0, 0.05) is 24.9 Å². The first-order valence-electron chi connectivity index (χ1n) is 9.53. The third kappa shape index (κ3) is 4.90. The lowest BCUT2D eigenvalue weighted by molar-refractivity contribution is -0.139. The number of fused-ring (bicyclic) bond motifs is 1. The maximum absolute atomic E-state index is 12.1. The first kappa shape index (κ1) is 21.0. The molecule has 0 spiro atoms. The summed E-state index contributed by atoms with van der Waals surface area (Å²) in [5, 5.41) is 9.33. The van der Waals surface area contributed by atoms with Crippen molar-refractivity contribution in [2.45, 2.75) is 52.0 Å². The monoisotopic (exact) mass is 370 g/mol. The van der Waals surface area contributed by atoms with Gasteiger partial charge in [-0.1, -0.05) is 19.9 Å². The van der Waals surface area contributed by atoms with Crippen molar-refractivity contribution >= 4 is 17.7 Å². The van der Waals surface area contributed by atoms with E-state index in [0.717, 1.165) is 24.9 Å². The van der Waals surface area contributed by atoms with Gasteiger partial charge >= 0.3 is 5.97 Å². The van der Waals surface area contributed by atoms with E-state index in [2.05, 4.69) is 44.7 Å². The van der Waals surface area contributed by atoms with E-state index >= 15 is 0 Å². The van der Waals surface area contributed by atoms with E-state index in [4.69, 9.17) is 9.47 Å². The highest BCUT2D eigenvalue weighted by atomic mass is 16.6. The van der Waals surface area contributed by atoms with Crippen LogP contribution in [0, 0.1) is 11.3 Å². The van der Waals surface area contributed by atoms with E-state index in [1.807, 2.05) is 12.1 Å². The molecule has 0 radical (unpaired) electrons. The van der Waals surface area contributed by atoms with E-state index in [0.29, 0.717) is 12.5 Å². The minimum Gasteiger partial charge on any atom is -0.459 e. The van der Waals surface area contributed by atoms with E-state index in [-0.39, 0.29) is 17.7 Å². The summed E-state index contributed by atoms with van der Waals surface area (Å²) in [5.41, 5.74) is 3.47. The summed E-state index contributed by atoms with van der Waals surface area (Å²) in [6.45, 7) is 10.5. The molecule has 1 aliphatic rings. The Bertz CT molecular complexity index is 746. The Morgan fingerprint density at radius 1 is 1.41 bits per heavy atom. The van der Waals surface area contributed by atoms with Crippen molar-refractivity contribution in [2.75, 3.05) is 31.8 Å². The van der Waals surface area contributed by atoms with Crippen LogP contribution in [-0.2, 0) is 14.3 Å². The van der Waals surface area contributed by atoms with Crippen LogP contribution in [-0.4, -0.2) is 38.4 Å². The van der Waals surface area contributed by atoms with E-state index < -0.39 is 5.97 Å². The summed E-state index contributed by atoms with van der Waals surface area (Å²) in [6.07, 6.45) is 3.76. The smallest absolute Gasteiger partial charge is 0.348 e. The maximum atomic E-state index is 12.1. The molecule has 146 valence electrons. The van der Waals surface area contributed by atoms with Crippen LogP contribution in [0.3, 0.4) is 0 Å². The van der Waals surface area contributed by atoms with Crippen LogP contribution in [0.2, 0.25) is 0 Å². The van der Waals surface area contributed by atoms with Gasteiger partial charge in [-0.15, -0.1) is 0 Å². The topological polar surface area (TPSA) is 62.6 Å². The van der Waals surface area contributed by atoms with E-state index in [1.54, 1.807) is 6.08 Å². The molecule has 1 atom stereocenters. The number of carbonyl (C=O) groups is 1. The summed E-state index contributed by atoms with van der Waals surface area (Å²) in [6, 6.07) is 8.12. The molecule has 1 aromatic carbocycles. The molecule has 0 aliphatic carbocycles. The van der Waals surface area contributed by atoms with Crippen molar-refractivity contribution in [3.63, 3.8) is 0 Å². The minimum atomic E-state index is -0.617. The summed E-state index contributed by atoms with van der Waals surface area (Å²) < 4.78 is 9.92. The fraction of sp³-hybridized carbons (Fsp3) is 0.545. The number of nitriles is 1. The van der Waals surface area contributed by atoms with E-state index in [1.165, 1.54) is 18.4 Å². The third-order valence-electron chi connectivity index (χ3n) is 5.03. The van der Waals surface area contributed by atoms with Crippen molar-refractivity contribution < 1.29 is 14.3 Å². The number of carbonyl (C=O) groups excluding carboxylic acids is 1. The normalized spacial score (nSPS) is 18.6. The standard InChI is InChI=1S/C22H30N2O3/c1-6-9-24-20-8-7-17(13-19(20)16(2)14-22(24,3)4)12-18(15-23)21(25)27-11-10-26-5/h7-8,12-13,16H,6,9-11,14H2,1-5H3/b18-12-. The van der Waals surface area contributed by atoms with Gasteiger partial charge in [0.15, 0.2) is 0 Å². The second kappa shape index (κ2) is 9.05. The Labute approximate surface area is 162 Å². The lowest BCUT2D eigenvalue weighted by Crippen LogP contribution is -2.48. The number of nitrogens with zero attached hydrogens (tertiary/aromatic N) is 2. The first-order chi connectivity index (χ1) is 12.8. The summed E-state index contributed by atoms with van der Waals surface area (Å²) in [5.74, 6) is -0.204. The Morgan fingerprint density at radius 2 is 2.15 bits per heavy atom. The molecule has 1 aliphatic heterocycles. The predicted molar refractivity (Wildman–Crippen MR) is 108 cm³/mol. The van der Waals surface area contributed by atoms with E-state index in [9.17, 15) is 10.1 Å². The lowest BCUT2D eigenvalue weighted by atomic mass is 9.79. The molecule has 1 heterocycles. The molecule has 0 saturated heterocycles. The number of ether oxygens (including phenoxy) is 2. The lowest BCUT2D eigenvalue weighted by Gasteiger charge is -2.47. The minimum absolute atomic E-state index is 0.000240. The van der Waals surface area contributed by atoms with Crippen LogP contribution in [0.5, 0.6) is 0 Å². The van der Waals surface area contributed by atoms with Crippen LogP contribution in [0.1, 0.15) is 57.6 Å². The molecule has 5 nitrogen and oxygen atoms in total. The van der Waals surface area contributed by atoms with Gasteiger partial charge in [0.2, 0.25) is 0 Å². The van der Waals surface area contributed by atoms with Gasteiger partial charge in [-0.05, 0) is 61.9 Å². The highest BCUT2D eigenvalue weighted by molar-refractivity contribution is 5.98. The Hall–Kier alpha value is -2.32. The van der Waals surface area contributed by atoms with Gasteiger partial charge in [0.1, 0.15) is 18.2 Å². The summed E-state index contributed by atoms with van der Waals surface area (Å²) in [7, 11) is 1.53. The number of hydrogen-bond acceptors (Lipinski definition) is 5. The largest absolute Gasteiger partial charge is 0.459 e. The summed E-state index contributed by atoms with van der Waals surface area (Å²) in [4.78, 5) is 14.5. The predicted octanol–water partition coefficient (Wildman–Crippen LogP) is 4.29. The maximum Gasteiger partial charge on any atom is 0.348 e. The van der Waals surface area contributed by atoms with Crippen molar-refractivity contribution in [1.29, 1.82) is 5.26 Å². The zero-order valence-corrected chi connectivity index (χ0v) is 17.0. The SMILES string of the molecule is CCCN1c2ccc(/C=C(/C#N)C(=O)OCCOC)cc2C(C)CC1(C)C. The number of benzene rings is 1. The van der Waals surface area contributed by atoms with Gasteiger partial charge in [0.05, 0.1) is 6.61 Å². The van der Waals surface area contributed by atoms with Crippen LogP contribution in [0.25, 0.3) is 6.08 Å². The van der Waals surface area contributed by atoms with Crippen molar-refractivity contribution in [2.24, 2.45) is 0 Å². The molecule has 0 N–H and O–H groups in total. The zero-order valence-electron chi connectivity index (χ0n) is 17.0. The second-order valence-electron chi connectivity index (χ2n) is 7.69.